The van der Waals surface area contributed by atoms with Gasteiger partial charge in [-0.05, 0) is 73.8 Å². The van der Waals surface area contributed by atoms with Crippen molar-refractivity contribution in [1.29, 1.82) is 0 Å². The van der Waals surface area contributed by atoms with E-state index in [0.29, 0.717) is 365 Å². The molecule has 0 atom stereocenters. The van der Waals surface area contributed by atoms with Crippen LogP contribution in [0, 0.1) is 0 Å². The van der Waals surface area contributed by atoms with Gasteiger partial charge in [-0.3, -0.25) is 9.59 Å². The summed E-state index contributed by atoms with van der Waals surface area (Å²) in [7, 11) is 1.64. The lowest BCUT2D eigenvalue weighted by Gasteiger charge is -2.21. The van der Waals surface area contributed by atoms with Gasteiger partial charge >= 0.3 is 5.97 Å². The number of fused-ring (bicyclic) bond motifs is 2. The Morgan fingerprint density at radius 1 is 0.433 bits per heavy atom. The van der Waals surface area contributed by atoms with E-state index >= 15 is 0 Å². The fourth-order valence-corrected chi connectivity index (χ4v) is 11.5. The summed E-state index contributed by atoms with van der Waals surface area (Å²) in [6, 6.07) is 10.2. The van der Waals surface area contributed by atoms with Crippen LogP contribution < -0.4 is 19.5 Å². The molecule has 34 heteroatoms. The summed E-state index contributed by atoms with van der Waals surface area (Å²) in [5, 5.41) is 13.1. The van der Waals surface area contributed by atoms with Gasteiger partial charge in [0.15, 0.2) is 16.8 Å². The number of nitrogens with one attached hydrogen (secondary N) is 1. The SMILES string of the molecule is CCCCN1C(=C=C=Cc2n(CCCCCC(=O)O)c3cc(Cl)c(Cl)cc3[n+]2CCCCCC(=O)NCCOCCOCCOCCOCCOCCOCCOCCOCCOCCOCCOCCOCCOCCOCCOCCOCCOCCOCCOCCOCCOCCOCCOCCOC)Oc2ccc(C(C)(C)C)cc21. The first kappa shape index (κ1) is 108. The highest BCUT2D eigenvalue weighted by molar-refractivity contribution is 6.42. The minimum absolute atomic E-state index is 0.0251. The summed E-state index contributed by atoms with van der Waals surface area (Å²) in [4.78, 5) is 26.3. The number of nitrogens with zero attached hydrogens (tertiary/aromatic N) is 3. The zero-order valence-corrected chi connectivity index (χ0v) is 74.2. The minimum atomic E-state index is -0.801. The molecule has 1 amide bonds. The molecular weight excluding hydrogens is 1610 g/mol. The van der Waals surface area contributed by atoms with Crippen molar-refractivity contribution in [3.05, 3.63) is 69.1 Å². The number of hydrogen-bond acceptors (Lipinski definition) is 28. The van der Waals surface area contributed by atoms with E-state index in [1.165, 1.54) is 5.56 Å². The summed E-state index contributed by atoms with van der Waals surface area (Å²) < 4.78 is 143. The van der Waals surface area contributed by atoms with Crippen molar-refractivity contribution in [3.63, 3.8) is 0 Å². The molecule has 690 valence electrons. The highest BCUT2D eigenvalue weighted by atomic mass is 35.5. The first-order valence-corrected chi connectivity index (χ1v) is 43.7. The maximum absolute atomic E-state index is 12.8. The zero-order chi connectivity index (χ0) is 85.8. The Morgan fingerprint density at radius 3 is 1.12 bits per heavy atom. The lowest BCUT2D eigenvalue weighted by atomic mass is 9.87. The number of benzene rings is 2. The molecule has 0 bridgehead atoms. The average Bonchev–Trinajstić information content (AvgIpc) is 1.60. The third-order valence-corrected chi connectivity index (χ3v) is 18.3. The summed E-state index contributed by atoms with van der Waals surface area (Å²) in [6.07, 6.45) is 8.86. The first-order valence-electron chi connectivity index (χ1n) is 42.9. The number of carbonyl (C=O) groups is 2. The van der Waals surface area contributed by atoms with Crippen LogP contribution in [0.4, 0.5) is 5.69 Å². The van der Waals surface area contributed by atoms with Crippen molar-refractivity contribution in [2.75, 3.05) is 336 Å². The Morgan fingerprint density at radius 2 is 0.775 bits per heavy atom. The van der Waals surface area contributed by atoms with Gasteiger partial charge in [-0.25, -0.2) is 9.13 Å². The Labute approximate surface area is 722 Å². The summed E-state index contributed by atoms with van der Waals surface area (Å²) in [5.41, 5.74) is 10.7. The van der Waals surface area contributed by atoms with E-state index in [-0.39, 0.29) is 17.7 Å². The number of carbonyl (C=O) groups excluding carboxylic acids is 1. The van der Waals surface area contributed by atoms with E-state index in [4.69, 9.17) is 142 Å². The van der Waals surface area contributed by atoms with Gasteiger partial charge in [-0.2, -0.15) is 0 Å². The first-order chi connectivity index (χ1) is 58.9. The molecule has 1 aromatic heterocycles. The number of imidazole rings is 1. The standard InChI is InChI=1S/C86H144Cl2N4O28/c1-6-7-22-92-80-72-75(86(2,3)4)19-20-81(80)120-84(92)17-14-16-83-90(78-73-76(87)77(88)74-79(78)91(83)24-13-9-11-18-85(94)95)23-12-8-10-15-82(93)89-21-25-97-28-29-99-32-33-101-36-37-103-40-41-105-44-45-107-48-49-109-52-53-111-56-57-113-60-61-115-64-65-117-68-69-119-71-70-118-67-66-116-63-62-114-59-58-112-55-54-110-51-50-108-47-46-106-43-42-104-39-38-102-35-34-100-31-30-98-27-26-96-5/h16,19-20,72-74H,6-13,15,18,21-71H2,1-5H3,(H-,89,93,94,95)/p+1. The van der Waals surface area contributed by atoms with Crippen molar-refractivity contribution in [2.24, 2.45) is 0 Å². The maximum Gasteiger partial charge on any atom is 0.303 e. The van der Waals surface area contributed by atoms with Crippen LogP contribution in [0.5, 0.6) is 5.75 Å². The van der Waals surface area contributed by atoms with Gasteiger partial charge in [0.1, 0.15) is 0 Å². The van der Waals surface area contributed by atoms with Gasteiger partial charge in [-0.1, -0.05) is 69.1 Å². The molecule has 2 heterocycles. The number of hydrogen-bond donors (Lipinski definition) is 2. The molecule has 0 saturated heterocycles. The Hall–Kier alpha value is -4.63. The average molecular weight is 1750 g/mol. The predicted molar refractivity (Wildman–Crippen MR) is 453 cm³/mol. The van der Waals surface area contributed by atoms with Crippen molar-refractivity contribution < 1.29 is 138 Å². The van der Waals surface area contributed by atoms with Gasteiger partial charge in [0.2, 0.25) is 5.91 Å². The minimum Gasteiger partial charge on any atom is -0.481 e. The van der Waals surface area contributed by atoms with Crippen LogP contribution in [-0.4, -0.2) is 352 Å². The van der Waals surface area contributed by atoms with Gasteiger partial charge < -0.3 is 134 Å². The number of halogens is 2. The fourth-order valence-electron chi connectivity index (χ4n) is 11.2. The second-order valence-corrected chi connectivity index (χ2v) is 28.9. The largest absolute Gasteiger partial charge is 0.481 e. The van der Waals surface area contributed by atoms with Crippen LogP contribution in [0.1, 0.15) is 103 Å². The summed E-state index contributed by atoms with van der Waals surface area (Å²) >= 11 is 13.3. The molecule has 3 aromatic rings. The zero-order valence-electron chi connectivity index (χ0n) is 72.7. The number of carboxylic acids is 1. The van der Waals surface area contributed by atoms with Crippen LogP contribution >= 0.6 is 23.2 Å². The van der Waals surface area contributed by atoms with Crippen LogP contribution in [0.3, 0.4) is 0 Å². The number of ether oxygens (including phenoxy) is 25. The molecule has 4 rings (SSSR count). The van der Waals surface area contributed by atoms with Crippen LogP contribution in [0.15, 0.2) is 47.7 Å². The van der Waals surface area contributed by atoms with Gasteiger partial charge in [0, 0.05) is 45.2 Å². The number of amides is 1. The number of carboxylic acid groups (broad SMARTS) is 1. The van der Waals surface area contributed by atoms with E-state index in [1.54, 1.807) is 7.11 Å². The monoisotopic (exact) mass is 1750 g/mol. The van der Waals surface area contributed by atoms with Gasteiger partial charge in [0.05, 0.1) is 345 Å². The highest BCUT2D eigenvalue weighted by Crippen LogP contribution is 2.41. The summed E-state index contributed by atoms with van der Waals surface area (Å²) in [6.45, 7) is 33.7. The van der Waals surface area contributed by atoms with E-state index in [1.807, 2.05) is 24.3 Å². The maximum atomic E-state index is 12.8. The second kappa shape index (κ2) is 76.8. The van der Waals surface area contributed by atoms with E-state index in [0.717, 1.165) is 73.4 Å². The highest BCUT2D eigenvalue weighted by Gasteiger charge is 2.29. The number of anilines is 1. The van der Waals surface area contributed by atoms with E-state index in [9.17, 15) is 14.7 Å². The molecule has 0 radical (unpaired) electrons. The van der Waals surface area contributed by atoms with Crippen LogP contribution in [0.25, 0.3) is 17.1 Å². The normalized spacial score (nSPS) is 12.2. The van der Waals surface area contributed by atoms with Crippen molar-refractivity contribution in [1.82, 2.24) is 9.88 Å². The third kappa shape index (κ3) is 57.1. The number of rotatable bonds is 88. The van der Waals surface area contributed by atoms with Crippen molar-refractivity contribution in [2.45, 2.75) is 110 Å². The number of aryl methyl sites for hydroxylation is 2. The van der Waals surface area contributed by atoms with Gasteiger partial charge in [0.25, 0.3) is 11.7 Å². The number of unbranched alkanes of at least 4 members (excludes halogenated alkanes) is 5. The Kier molecular flexibility index (Phi) is 68.9. The van der Waals surface area contributed by atoms with Gasteiger partial charge in [-0.15, -0.1) is 0 Å². The molecule has 1 aliphatic heterocycles. The quantitative estimate of drug-likeness (QED) is 0.0302. The molecule has 2 N–H and O–H groups in total. The van der Waals surface area contributed by atoms with E-state index in [2.05, 4.69) is 70.6 Å². The molecule has 1 aliphatic rings. The molecule has 0 aliphatic carbocycles. The molecule has 0 unspecified atom stereocenters. The molecule has 0 fully saturated rings. The number of methoxy groups -OCH3 is 1. The van der Waals surface area contributed by atoms with Crippen molar-refractivity contribution in [3.8, 4) is 5.75 Å². The Bertz CT molecular complexity index is 3070. The molecule has 0 spiro atoms. The van der Waals surface area contributed by atoms with Crippen LogP contribution in [0.2, 0.25) is 10.0 Å². The molecule has 0 saturated carbocycles. The topological polar surface area (TPSA) is 309 Å². The smallest absolute Gasteiger partial charge is 0.303 e. The van der Waals surface area contributed by atoms with Crippen LogP contribution in [-0.2, 0) is 142 Å². The second-order valence-electron chi connectivity index (χ2n) is 28.1. The lowest BCUT2D eigenvalue weighted by Crippen LogP contribution is -2.36. The number of aliphatic carboxylic acids is 1. The fraction of sp³-hybridized carbons (Fsp3) is 0.779. The third-order valence-electron chi connectivity index (χ3n) is 17.6. The lowest BCUT2D eigenvalue weighted by molar-refractivity contribution is -0.674. The molecule has 2 aromatic carbocycles. The van der Waals surface area contributed by atoms with Crippen molar-refractivity contribution >= 4 is 57.9 Å². The number of aromatic nitrogens is 2. The molecule has 120 heavy (non-hydrogen) atoms. The molecular formula is C86H145Cl2N4O28+. The van der Waals surface area contributed by atoms with E-state index < -0.39 is 5.97 Å². The molecule has 32 nitrogen and oxygen atoms in total. The Balaban J connectivity index is 0.814. The predicted octanol–water partition coefficient (Wildman–Crippen LogP) is 9.19. The summed E-state index contributed by atoms with van der Waals surface area (Å²) in [5.74, 6) is 1.43.